The van der Waals surface area contributed by atoms with E-state index in [0.717, 1.165) is 24.6 Å². The van der Waals surface area contributed by atoms with Crippen molar-refractivity contribution in [2.75, 3.05) is 27.3 Å². The lowest BCUT2D eigenvalue weighted by atomic mass is 9.99. The summed E-state index contributed by atoms with van der Waals surface area (Å²) in [5, 5.41) is 3.27. The van der Waals surface area contributed by atoms with Crippen molar-refractivity contribution in [3.8, 4) is 11.5 Å². The standard InChI is InChI=1S/C22H34N2O3/c1-26-20-12-11-17(14-21(20)27-2)15-22(25)23-18-8-7-13-24(16-18)19-9-5-3-4-6-10-19/h11-12,14,18-19H,3-10,13,15-16H2,1-2H3,(H,23,25). The molecule has 1 aliphatic heterocycles. The molecule has 1 saturated heterocycles. The Morgan fingerprint density at radius 2 is 1.78 bits per heavy atom. The summed E-state index contributed by atoms with van der Waals surface area (Å²) in [4.78, 5) is 15.2. The van der Waals surface area contributed by atoms with Crippen LogP contribution in [-0.4, -0.2) is 50.2 Å². The van der Waals surface area contributed by atoms with Gasteiger partial charge in [-0.1, -0.05) is 31.7 Å². The van der Waals surface area contributed by atoms with E-state index in [0.29, 0.717) is 17.9 Å². The largest absolute Gasteiger partial charge is 0.493 e. The molecule has 5 nitrogen and oxygen atoms in total. The Labute approximate surface area is 163 Å². The fourth-order valence-electron chi connectivity index (χ4n) is 4.53. The van der Waals surface area contributed by atoms with Gasteiger partial charge in [-0.3, -0.25) is 9.69 Å². The van der Waals surface area contributed by atoms with Crippen molar-refractivity contribution >= 4 is 5.91 Å². The van der Waals surface area contributed by atoms with Gasteiger partial charge in [-0.05, 0) is 49.9 Å². The van der Waals surface area contributed by atoms with Crippen LogP contribution in [0.2, 0.25) is 0 Å². The van der Waals surface area contributed by atoms with Gasteiger partial charge in [0, 0.05) is 18.6 Å². The Hall–Kier alpha value is -1.75. The molecule has 3 rings (SSSR count). The van der Waals surface area contributed by atoms with Gasteiger partial charge in [0.05, 0.1) is 20.6 Å². The molecule has 1 aliphatic carbocycles. The van der Waals surface area contributed by atoms with E-state index in [2.05, 4.69) is 10.2 Å². The van der Waals surface area contributed by atoms with Gasteiger partial charge in [-0.2, -0.15) is 0 Å². The summed E-state index contributed by atoms with van der Waals surface area (Å²) in [6, 6.07) is 6.67. The van der Waals surface area contributed by atoms with Crippen LogP contribution in [0.25, 0.3) is 0 Å². The van der Waals surface area contributed by atoms with E-state index in [1.165, 1.54) is 51.5 Å². The van der Waals surface area contributed by atoms with Crippen LogP contribution in [0, 0.1) is 0 Å². The summed E-state index contributed by atoms with van der Waals surface area (Å²) in [6.07, 6.45) is 10.8. The van der Waals surface area contributed by atoms with Crippen molar-refractivity contribution in [3.05, 3.63) is 23.8 Å². The lowest BCUT2D eigenvalue weighted by Crippen LogP contribution is -2.51. The Balaban J connectivity index is 1.52. The normalized spacial score (nSPS) is 22.1. The number of amides is 1. The summed E-state index contributed by atoms with van der Waals surface area (Å²) in [5.41, 5.74) is 0.946. The number of benzene rings is 1. The number of ether oxygens (including phenoxy) is 2. The fraction of sp³-hybridized carbons (Fsp3) is 0.682. The smallest absolute Gasteiger partial charge is 0.224 e. The van der Waals surface area contributed by atoms with E-state index in [1.54, 1.807) is 14.2 Å². The lowest BCUT2D eigenvalue weighted by Gasteiger charge is -2.38. The van der Waals surface area contributed by atoms with E-state index in [4.69, 9.17) is 9.47 Å². The first-order chi connectivity index (χ1) is 13.2. The molecule has 0 radical (unpaired) electrons. The molecule has 0 bridgehead atoms. The van der Waals surface area contributed by atoms with Gasteiger partial charge in [0.1, 0.15) is 0 Å². The first-order valence-corrected chi connectivity index (χ1v) is 10.4. The van der Waals surface area contributed by atoms with Crippen LogP contribution < -0.4 is 14.8 Å². The van der Waals surface area contributed by atoms with E-state index in [9.17, 15) is 4.79 Å². The Morgan fingerprint density at radius 1 is 1.04 bits per heavy atom. The van der Waals surface area contributed by atoms with E-state index < -0.39 is 0 Å². The summed E-state index contributed by atoms with van der Waals surface area (Å²) >= 11 is 0. The third-order valence-corrected chi connectivity index (χ3v) is 5.97. The van der Waals surface area contributed by atoms with Crippen LogP contribution in [0.4, 0.5) is 0 Å². The molecule has 1 N–H and O–H groups in total. The van der Waals surface area contributed by atoms with Gasteiger partial charge in [-0.15, -0.1) is 0 Å². The minimum Gasteiger partial charge on any atom is -0.493 e. The van der Waals surface area contributed by atoms with Gasteiger partial charge < -0.3 is 14.8 Å². The van der Waals surface area contributed by atoms with Crippen molar-refractivity contribution in [1.82, 2.24) is 10.2 Å². The molecule has 1 atom stereocenters. The van der Waals surface area contributed by atoms with Crippen LogP contribution in [-0.2, 0) is 11.2 Å². The van der Waals surface area contributed by atoms with Crippen LogP contribution in [0.3, 0.4) is 0 Å². The molecule has 1 heterocycles. The highest BCUT2D eigenvalue weighted by atomic mass is 16.5. The fourth-order valence-corrected chi connectivity index (χ4v) is 4.53. The lowest BCUT2D eigenvalue weighted by molar-refractivity contribution is -0.121. The van der Waals surface area contributed by atoms with Crippen molar-refractivity contribution in [2.45, 2.75) is 69.9 Å². The highest BCUT2D eigenvalue weighted by molar-refractivity contribution is 5.79. The van der Waals surface area contributed by atoms with Gasteiger partial charge in [0.25, 0.3) is 0 Å². The third-order valence-electron chi connectivity index (χ3n) is 5.97. The molecule has 2 fully saturated rings. The highest BCUT2D eigenvalue weighted by Crippen LogP contribution is 2.28. The van der Waals surface area contributed by atoms with Crippen LogP contribution >= 0.6 is 0 Å². The number of methoxy groups -OCH3 is 2. The van der Waals surface area contributed by atoms with Crippen molar-refractivity contribution in [2.24, 2.45) is 0 Å². The highest BCUT2D eigenvalue weighted by Gasteiger charge is 2.27. The molecular formula is C22H34N2O3. The van der Waals surface area contributed by atoms with Gasteiger partial charge in [0.2, 0.25) is 5.91 Å². The summed E-state index contributed by atoms with van der Waals surface area (Å²) in [5.74, 6) is 1.45. The first-order valence-electron chi connectivity index (χ1n) is 10.4. The minimum atomic E-state index is 0.0925. The Kier molecular flexibility index (Phi) is 7.39. The molecule has 27 heavy (non-hydrogen) atoms. The van der Waals surface area contributed by atoms with Gasteiger partial charge in [-0.25, -0.2) is 0 Å². The summed E-state index contributed by atoms with van der Waals surface area (Å²) in [6.45, 7) is 2.19. The molecule has 1 aromatic carbocycles. The average Bonchev–Trinajstić information content (AvgIpc) is 2.97. The van der Waals surface area contributed by atoms with Crippen LogP contribution in [0.1, 0.15) is 56.9 Å². The number of carbonyl (C=O) groups is 1. The zero-order chi connectivity index (χ0) is 19.1. The van der Waals surface area contributed by atoms with Crippen LogP contribution in [0.15, 0.2) is 18.2 Å². The number of piperidine rings is 1. The van der Waals surface area contributed by atoms with Crippen LogP contribution in [0.5, 0.6) is 11.5 Å². The number of nitrogens with zero attached hydrogens (tertiary/aromatic N) is 1. The predicted octanol–water partition coefficient (Wildman–Crippen LogP) is 3.55. The zero-order valence-electron chi connectivity index (χ0n) is 16.8. The zero-order valence-corrected chi connectivity index (χ0v) is 16.8. The molecule has 0 aromatic heterocycles. The van der Waals surface area contributed by atoms with Gasteiger partial charge in [0.15, 0.2) is 11.5 Å². The number of likely N-dealkylation sites (tertiary alicyclic amines) is 1. The third kappa shape index (κ3) is 5.61. The van der Waals surface area contributed by atoms with Crippen molar-refractivity contribution < 1.29 is 14.3 Å². The molecule has 1 saturated carbocycles. The van der Waals surface area contributed by atoms with E-state index in [1.807, 2.05) is 18.2 Å². The SMILES string of the molecule is COc1ccc(CC(=O)NC2CCCN(C3CCCCCC3)C2)cc1OC. The number of carbonyl (C=O) groups excluding carboxylic acids is 1. The molecular weight excluding hydrogens is 340 g/mol. The monoisotopic (exact) mass is 374 g/mol. The summed E-state index contributed by atoms with van der Waals surface area (Å²) in [7, 11) is 3.24. The van der Waals surface area contributed by atoms with Crippen molar-refractivity contribution in [1.29, 1.82) is 0 Å². The summed E-state index contributed by atoms with van der Waals surface area (Å²) < 4.78 is 10.6. The molecule has 1 unspecified atom stereocenters. The number of nitrogens with one attached hydrogen (secondary N) is 1. The quantitative estimate of drug-likeness (QED) is 0.774. The Morgan fingerprint density at radius 3 is 2.48 bits per heavy atom. The second-order valence-corrected chi connectivity index (χ2v) is 7.91. The molecule has 1 aromatic rings. The predicted molar refractivity (Wildman–Crippen MR) is 107 cm³/mol. The number of rotatable bonds is 6. The topological polar surface area (TPSA) is 50.8 Å². The second-order valence-electron chi connectivity index (χ2n) is 7.91. The molecule has 150 valence electrons. The minimum absolute atomic E-state index is 0.0925. The first kappa shape index (κ1) is 20.0. The number of hydrogen-bond donors (Lipinski definition) is 1. The molecule has 1 amide bonds. The van der Waals surface area contributed by atoms with E-state index in [-0.39, 0.29) is 11.9 Å². The second kappa shape index (κ2) is 9.98. The number of hydrogen-bond acceptors (Lipinski definition) is 4. The molecule has 2 aliphatic rings. The maximum absolute atomic E-state index is 12.6. The maximum atomic E-state index is 12.6. The maximum Gasteiger partial charge on any atom is 0.224 e. The molecule has 5 heteroatoms. The average molecular weight is 375 g/mol. The molecule has 0 spiro atoms. The van der Waals surface area contributed by atoms with E-state index >= 15 is 0 Å². The Bertz CT molecular complexity index is 612. The van der Waals surface area contributed by atoms with Crippen molar-refractivity contribution in [3.63, 3.8) is 0 Å². The van der Waals surface area contributed by atoms with Gasteiger partial charge >= 0.3 is 0 Å².